The Morgan fingerprint density at radius 3 is 2.44 bits per heavy atom. The van der Waals surface area contributed by atoms with Crippen molar-refractivity contribution in [3.8, 4) is 0 Å². The van der Waals surface area contributed by atoms with Crippen molar-refractivity contribution >= 4 is 17.5 Å². The third kappa shape index (κ3) is 4.36. The Labute approximate surface area is 152 Å². The van der Waals surface area contributed by atoms with Crippen LogP contribution in [0, 0.1) is 5.92 Å². The molecule has 148 valence electrons. The molecule has 0 unspecified atom stereocenters. The molecule has 2 amide bonds. The highest BCUT2D eigenvalue weighted by Crippen LogP contribution is 2.37. The molecule has 1 aliphatic carbocycles. The molecular weight excluding hydrogens is 373 g/mol. The van der Waals surface area contributed by atoms with Crippen LogP contribution >= 0.6 is 0 Å². The van der Waals surface area contributed by atoms with E-state index in [0.717, 1.165) is 12.3 Å². The summed E-state index contributed by atoms with van der Waals surface area (Å²) in [6.07, 6.45) is -4.22. The lowest BCUT2D eigenvalue weighted by Gasteiger charge is -2.37. The lowest BCUT2D eigenvalue weighted by Crippen LogP contribution is -2.54. The second-order valence-electron chi connectivity index (χ2n) is 6.83. The molecule has 2 fully saturated rings. The van der Waals surface area contributed by atoms with E-state index in [1.165, 1.54) is 15.9 Å². The lowest BCUT2D eigenvalue weighted by molar-refractivity contribution is -0.143. The summed E-state index contributed by atoms with van der Waals surface area (Å²) in [5.74, 6) is -4.15. The molecular formula is C17H18F5N3O2. The topological polar surface area (TPSA) is 53.5 Å². The van der Waals surface area contributed by atoms with E-state index in [9.17, 15) is 31.5 Å². The van der Waals surface area contributed by atoms with Crippen LogP contribution in [0.25, 0.3) is 0 Å². The summed E-state index contributed by atoms with van der Waals surface area (Å²) >= 11 is 0. The standard InChI is InChI=1S/C17H18F5N3O2/c18-16(19)4-1-11(2-5-16)15(27)24-7-8-25(14(26)10-24)12-3-6-23-13(9-12)17(20,21)22/h3,6,9,11H,1-2,4-5,7-8,10H2. The van der Waals surface area contributed by atoms with Gasteiger partial charge in [0, 0.05) is 43.7 Å². The van der Waals surface area contributed by atoms with E-state index in [1.807, 2.05) is 0 Å². The maximum Gasteiger partial charge on any atom is 0.433 e. The van der Waals surface area contributed by atoms with Gasteiger partial charge in [0.25, 0.3) is 0 Å². The summed E-state index contributed by atoms with van der Waals surface area (Å²) in [7, 11) is 0. The van der Waals surface area contributed by atoms with Gasteiger partial charge in [-0.05, 0) is 25.0 Å². The molecule has 1 saturated carbocycles. The third-order valence-corrected chi connectivity index (χ3v) is 4.94. The molecule has 27 heavy (non-hydrogen) atoms. The van der Waals surface area contributed by atoms with Gasteiger partial charge in [-0.25, -0.2) is 8.78 Å². The van der Waals surface area contributed by atoms with Crippen LogP contribution in [0.3, 0.4) is 0 Å². The van der Waals surface area contributed by atoms with Crippen LogP contribution in [0.1, 0.15) is 31.4 Å². The zero-order valence-electron chi connectivity index (χ0n) is 14.3. The lowest BCUT2D eigenvalue weighted by atomic mass is 9.86. The van der Waals surface area contributed by atoms with Gasteiger partial charge in [-0.1, -0.05) is 0 Å². The minimum Gasteiger partial charge on any atom is -0.331 e. The SMILES string of the molecule is O=C(C1CCC(F)(F)CC1)N1CCN(c2ccnc(C(F)(F)F)c2)C(=O)C1. The predicted octanol–water partition coefficient (Wildman–Crippen LogP) is 3.10. The Morgan fingerprint density at radius 2 is 1.85 bits per heavy atom. The van der Waals surface area contributed by atoms with Crippen LogP contribution in [-0.2, 0) is 15.8 Å². The fraction of sp³-hybridized carbons (Fsp3) is 0.588. The Hall–Kier alpha value is -2.26. The molecule has 0 aromatic carbocycles. The van der Waals surface area contributed by atoms with Gasteiger partial charge < -0.3 is 9.80 Å². The molecule has 1 aromatic rings. The highest BCUT2D eigenvalue weighted by molar-refractivity contribution is 5.98. The number of hydrogen-bond donors (Lipinski definition) is 0. The maximum atomic E-state index is 13.2. The van der Waals surface area contributed by atoms with E-state index < -0.39 is 29.6 Å². The molecule has 10 heteroatoms. The van der Waals surface area contributed by atoms with Crippen molar-refractivity contribution in [2.24, 2.45) is 5.92 Å². The largest absolute Gasteiger partial charge is 0.433 e. The predicted molar refractivity (Wildman–Crippen MR) is 85.1 cm³/mol. The number of pyridine rings is 1. The number of piperazine rings is 1. The molecule has 0 N–H and O–H groups in total. The summed E-state index contributed by atoms with van der Waals surface area (Å²) in [5.41, 5.74) is -1.04. The van der Waals surface area contributed by atoms with Crippen molar-refractivity contribution < 1.29 is 31.5 Å². The second-order valence-corrected chi connectivity index (χ2v) is 6.83. The van der Waals surface area contributed by atoms with E-state index in [-0.39, 0.29) is 56.9 Å². The van der Waals surface area contributed by atoms with Crippen molar-refractivity contribution in [2.45, 2.75) is 37.8 Å². The number of hydrogen-bond acceptors (Lipinski definition) is 3. The van der Waals surface area contributed by atoms with E-state index in [2.05, 4.69) is 4.98 Å². The van der Waals surface area contributed by atoms with Crippen LogP contribution in [0.4, 0.5) is 27.6 Å². The molecule has 2 aliphatic rings. The highest BCUT2D eigenvalue weighted by atomic mass is 19.4. The molecule has 1 aliphatic heterocycles. The fourth-order valence-corrected chi connectivity index (χ4v) is 3.42. The zero-order valence-corrected chi connectivity index (χ0v) is 14.3. The molecule has 0 radical (unpaired) electrons. The van der Waals surface area contributed by atoms with Crippen molar-refractivity contribution in [1.29, 1.82) is 0 Å². The summed E-state index contributed by atoms with van der Waals surface area (Å²) < 4.78 is 64.8. The zero-order chi connectivity index (χ0) is 19.8. The number of nitrogens with zero attached hydrogens (tertiary/aromatic N) is 3. The van der Waals surface area contributed by atoms with Gasteiger partial charge in [0.2, 0.25) is 17.7 Å². The van der Waals surface area contributed by atoms with Crippen LogP contribution in [-0.4, -0.2) is 47.3 Å². The first-order chi connectivity index (χ1) is 12.6. The first-order valence-corrected chi connectivity index (χ1v) is 8.57. The van der Waals surface area contributed by atoms with Crippen LogP contribution in [0.15, 0.2) is 18.3 Å². The Morgan fingerprint density at radius 1 is 1.19 bits per heavy atom. The normalized spacial score (nSPS) is 21.4. The number of carbonyl (C=O) groups is 2. The van der Waals surface area contributed by atoms with Crippen LogP contribution in [0.5, 0.6) is 0 Å². The number of halogens is 5. The Bertz CT molecular complexity index is 728. The minimum absolute atomic E-state index is 0.0365. The molecule has 0 bridgehead atoms. The monoisotopic (exact) mass is 391 g/mol. The van der Waals surface area contributed by atoms with Crippen molar-refractivity contribution in [3.63, 3.8) is 0 Å². The van der Waals surface area contributed by atoms with E-state index >= 15 is 0 Å². The Kier molecular flexibility index (Phi) is 5.09. The van der Waals surface area contributed by atoms with E-state index in [4.69, 9.17) is 0 Å². The molecule has 0 atom stereocenters. The molecule has 1 saturated heterocycles. The number of alkyl halides is 5. The van der Waals surface area contributed by atoms with Crippen molar-refractivity contribution in [2.75, 3.05) is 24.5 Å². The number of carbonyl (C=O) groups excluding carboxylic acids is 2. The van der Waals surface area contributed by atoms with Gasteiger partial charge in [-0.3, -0.25) is 14.6 Å². The number of anilines is 1. The fourth-order valence-electron chi connectivity index (χ4n) is 3.42. The second kappa shape index (κ2) is 7.05. The first-order valence-electron chi connectivity index (χ1n) is 8.57. The summed E-state index contributed by atoms with van der Waals surface area (Å²) in [4.78, 5) is 30.6. The molecule has 5 nitrogen and oxygen atoms in total. The third-order valence-electron chi connectivity index (χ3n) is 4.94. The van der Waals surface area contributed by atoms with Gasteiger partial charge in [-0.2, -0.15) is 13.2 Å². The maximum absolute atomic E-state index is 13.2. The van der Waals surface area contributed by atoms with Crippen LogP contribution < -0.4 is 4.90 Å². The Balaban J connectivity index is 1.64. The van der Waals surface area contributed by atoms with Gasteiger partial charge in [0.1, 0.15) is 12.2 Å². The molecule has 2 heterocycles. The number of amides is 2. The molecule has 0 spiro atoms. The molecule has 3 rings (SSSR count). The van der Waals surface area contributed by atoms with Crippen molar-refractivity contribution in [3.05, 3.63) is 24.0 Å². The quantitative estimate of drug-likeness (QED) is 0.728. The van der Waals surface area contributed by atoms with Crippen molar-refractivity contribution in [1.82, 2.24) is 9.88 Å². The van der Waals surface area contributed by atoms with E-state index in [1.54, 1.807) is 0 Å². The minimum atomic E-state index is -4.63. The van der Waals surface area contributed by atoms with Gasteiger partial charge in [-0.15, -0.1) is 0 Å². The number of rotatable bonds is 2. The molecule has 1 aromatic heterocycles. The average molecular weight is 391 g/mol. The van der Waals surface area contributed by atoms with Gasteiger partial charge in [0.05, 0.1) is 0 Å². The average Bonchev–Trinajstić information content (AvgIpc) is 2.60. The van der Waals surface area contributed by atoms with Crippen LogP contribution in [0.2, 0.25) is 0 Å². The summed E-state index contributed by atoms with van der Waals surface area (Å²) in [6.45, 7) is -0.106. The number of aromatic nitrogens is 1. The van der Waals surface area contributed by atoms with Gasteiger partial charge >= 0.3 is 6.18 Å². The summed E-state index contributed by atoms with van der Waals surface area (Å²) in [6, 6.07) is 2.09. The van der Waals surface area contributed by atoms with E-state index in [0.29, 0.717) is 0 Å². The first kappa shape index (κ1) is 19.5. The summed E-state index contributed by atoms with van der Waals surface area (Å²) in [5, 5.41) is 0. The smallest absolute Gasteiger partial charge is 0.331 e. The van der Waals surface area contributed by atoms with Gasteiger partial charge in [0.15, 0.2) is 0 Å². The highest BCUT2D eigenvalue weighted by Gasteiger charge is 2.40.